The fourth-order valence-electron chi connectivity index (χ4n) is 2.24. The van der Waals surface area contributed by atoms with E-state index in [2.05, 4.69) is 15.0 Å². The van der Waals surface area contributed by atoms with E-state index < -0.39 is 10.0 Å². The molecule has 1 amide bonds. The van der Waals surface area contributed by atoms with E-state index in [0.29, 0.717) is 27.7 Å². The molecule has 0 spiro atoms. The number of methoxy groups -OCH3 is 1. The lowest BCUT2D eigenvalue weighted by atomic mass is 10.2. The number of sulfonamides is 1. The summed E-state index contributed by atoms with van der Waals surface area (Å²) in [5.74, 6) is 0.104. The molecule has 1 aromatic carbocycles. The Morgan fingerprint density at radius 1 is 1.23 bits per heavy atom. The van der Waals surface area contributed by atoms with Crippen molar-refractivity contribution in [2.24, 2.45) is 0 Å². The molecule has 2 rings (SSSR count). The van der Waals surface area contributed by atoms with Gasteiger partial charge in [-0.1, -0.05) is 11.6 Å². The molecule has 0 saturated heterocycles. The summed E-state index contributed by atoms with van der Waals surface area (Å²) in [5, 5.41) is 3.17. The van der Waals surface area contributed by atoms with E-state index in [0.717, 1.165) is 0 Å². The molecule has 0 aliphatic heterocycles. The number of hydrogen-bond acceptors (Lipinski definition) is 5. The van der Waals surface area contributed by atoms with E-state index >= 15 is 0 Å². The molecule has 2 N–H and O–H groups in total. The first kappa shape index (κ1) is 20.2. The number of amides is 1. The van der Waals surface area contributed by atoms with Crippen LogP contribution >= 0.6 is 11.6 Å². The molecule has 140 valence electrons. The predicted octanol–water partition coefficient (Wildman–Crippen LogP) is 2.67. The molecule has 0 fully saturated rings. The van der Waals surface area contributed by atoms with Crippen LogP contribution in [0.2, 0.25) is 5.02 Å². The first-order chi connectivity index (χ1) is 12.2. The number of nitrogens with zero attached hydrogens (tertiary/aromatic N) is 1. The predicted molar refractivity (Wildman–Crippen MR) is 100 cm³/mol. The zero-order chi connectivity index (χ0) is 19.3. The van der Waals surface area contributed by atoms with Gasteiger partial charge < -0.3 is 10.1 Å². The summed E-state index contributed by atoms with van der Waals surface area (Å²) in [7, 11) is -2.22. The van der Waals surface area contributed by atoms with E-state index in [9.17, 15) is 13.2 Å². The molecule has 0 radical (unpaired) electrons. The Morgan fingerprint density at radius 2 is 1.88 bits per heavy atom. The summed E-state index contributed by atoms with van der Waals surface area (Å²) in [4.78, 5) is 16.0. The van der Waals surface area contributed by atoms with Gasteiger partial charge in [-0.25, -0.2) is 18.1 Å². The number of nitrogens with one attached hydrogen (secondary N) is 2. The summed E-state index contributed by atoms with van der Waals surface area (Å²) in [6.07, 6.45) is 1.44. The Kier molecular flexibility index (Phi) is 6.57. The van der Waals surface area contributed by atoms with Crippen molar-refractivity contribution < 1.29 is 17.9 Å². The van der Waals surface area contributed by atoms with E-state index in [1.807, 2.05) is 0 Å². The summed E-state index contributed by atoms with van der Waals surface area (Å²) in [6, 6.07) is 6.26. The maximum absolute atomic E-state index is 12.3. The summed E-state index contributed by atoms with van der Waals surface area (Å²) >= 11 is 6.06. The minimum absolute atomic E-state index is 0.0171. The van der Waals surface area contributed by atoms with E-state index in [1.165, 1.54) is 25.4 Å². The van der Waals surface area contributed by atoms with Crippen LogP contribution in [0.5, 0.6) is 5.88 Å². The van der Waals surface area contributed by atoms with Crippen LogP contribution in [-0.4, -0.2) is 33.0 Å². The van der Waals surface area contributed by atoms with Crippen molar-refractivity contribution >= 4 is 33.2 Å². The van der Waals surface area contributed by atoms with Crippen molar-refractivity contribution in [3.05, 3.63) is 46.6 Å². The topological polar surface area (TPSA) is 97.4 Å². The highest BCUT2D eigenvalue weighted by Crippen LogP contribution is 2.24. The maximum Gasteiger partial charge on any atom is 0.240 e. The second-order valence-electron chi connectivity index (χ2n) is 5.66. The molecule has 1 heterocycles. The van der Waals surface area contributed by atoms with Gasteiger partial charge in [0.2, 0.25) is 21.8 Å². The first-order valence-corrected chi connectivity index (χ1v) is 9.65. The molecular formula is C17H20ClN3O4S. The molecule has 7 nitrogen and oxygen atoms in total. The zero-order valence-corrected chi connectivity index (χ0v) is 16.2. The number of halogens is 1. The number of hydrogen-bond donors (Lipinski definition) is 2. The maximum atomic E-state index is 12.3. The zero-order valence-electron chi connectivity index (χ0n) is 14.7. The third kappa shape index (κ3) is 5.17. The van der Waals surface area contributed by atoms with Crippen LogP contribution in [0.4, 0.5) is 5.69 Å². The van der Waals surface area contributed by atoms with Crippen LogP contribution in [0.1, 0.15) is 17.5 Å². The van der Waals surface area contributed by atoms with Crippen molar-refractivity contribution in [2.45, 2.75) is 25.2 Å². The second-order valence-corrected chi connectivity index (χ2v) is 7.80. The highest BCUT2D eigenvalue weighted by Gasteiger charge is 2.16. The molecular weight excluding hydrogens is 378 g/mol. The molecule has 2 aromatic rings. The quantitative estimate of drug-likeness (QED) is 0.748. The van der Waals surface area contributed by atoms with Gasteiger partial charge >= 0.3 is 0 Å². The third-order valence-electron chi connectivity index (χ3n) is 3.59. The number of rotatable bonds is 7. The van der Waals surface area contributed by atoms with Gasteiger partial charge in [0.1, 0.15) is 0 Å². The molecule has 0 bridgehead atoms. The van der Waals surface area contributed by atoms with Gasteiger partial charge in [-0.3, -0.25) is 4.79 Å². The molecule has 9 heteroatoms. The largest absolute Gasteiger partial charge is 0.481 e. The Labute approximate surface area is 157 Å². The third-order valence-corrected chi connectivity index (χ3v) is 5.63. The van der Waals surface area contributed by atoms with Crippen LogP contribution in [0, 0.1) is 13.8 Å². The Morgan fingerprint density at radius 3 is 2.42 bits per heavy atom. The van der Waals surface area contributed by atoms with Crippen molar-refractivity contribution in [3.63, 3.8) is 0 Å². The summed E-state index contributed by atoms with van der Waals surface area (Å²) in [6.45, 7) is 3.45. The standard InChI is InChI=1S/C17H20ClN3O4S/c1-11-8-14(9-12(2)17(11)18)26(23,24)20-7-6-15(22)21-13-4-5-16(25-3)19-10-13/h4-5,8-10,20H,6-7H2,1-3H3,(H,21,22). The highest BCUT2D eigenvalue weighted by molar-refractivity contribution is 7.89. The van der Waals surface area contributed by atoms with E-state index in [-0.39, 0.29) is 23.8 Å². The Bertz CT molecular complexity index is 876. The van der Waals surface area contributed by atoms with Gasteiger partial charge in [0.05, 0.1) is 23.9 Å². The minimum atomic E-state index is -3.72. The molecule has 1 aromatic heterocycles. The van der Waals surface area contributed by atoms with Gasteiger partial charge in [0.25, 0.3) is 0 Å². The van der Waals surface area contributed by atoms with E-state index in [4.69, 9.17) is 16.3 Å². The molecule has 0 aliphatic carbocycles. The summed E-state index contributed by atoms with van der Waals surface area (Å²) in [5.41, 5.74) is 1.86. The molecule has 0 unspecified atom stereocenters. The van der Waals surface area contributed by atoms with Crippen molar-refractivity contribution in [1.29, 1.82) is 0 Å². The normalized spacial score (nSPS) is 11.2. The Balaban J connectivity index is 1.92. The number of pyridine rings is 1. The molecule has 26 heavy (non-hydrogen) atoms. The van der Waals surface area contributed by atoms with Crippen LogP contribution in [0.15, 0.2) is 35.4 Å². The van der Waals surface area contributed by atoms with Gasteiger partial charge in [0, 0.05) is 24.1 Å². The monoisotopic (exact) mass is 397 g/mol. The van der Waals surface area contributed by atoms with Crippen molar-refractivity contribution in [1.82, 2.24) is 9.71 Å². The van der Waals surface area contributed by atoms with Crippen molar-refractivity contribution in [3.8, 4) is 5.88 Å². The second kappa shape index (κ2) is 8.48. The van der Waals surface area contributed by atoms with Crippen LogP contribution in [0.3, 0.4) is 0 Å². The smallest absolute Gasteiger partial charge is 0.240 e. The van der Waals surface area contributed by atoms with Gasteiger partial charge in [-0.15, -0.1) is 0 Å². The molecule has 0 aliphatic rings. The average Bonchev–Trinajstić information content (AvgIpc) is 2.59. The number of carbonyl (C=O) groups excluding carboxylic acids is 1. The van der Waals surface area contributed by atoms with Gasteiger partial charge in [-0.2, -0.15) is 0 Å². The average molecular weight is 398 g/mol. The lowest BCUT2D eigenvalue weighted by Crippen LogP contribution is -2.28. The molecule has 0 saturated carbocycles. The molecule has 0 atom stereocenters. The lowest BCUT2D eigenvalue weighted by Gasteiger charge is -2.10. The van der Waals surface area contributed by atoms with Gasteiger partial charge in [0.15, 0.2) is 0 Å². The number of ether oxygens (including phenoxy) is 1. The SMILES string of the molecule is COc1ccc(NC(=O)CCNS(=O)(=O)c2cc(C)c(Cl)c(C)c2)cn1. The fourth-order valence-corrected chi connectivity index (χ4v) is 3.55. The van der Waals surface area contributed by atoms with Crippen LogP contribution < -0.4 is 14.8 Å². The number of aromatic nitrogens is 1. The van der Waals surface area contributed by atoms with E-state index in [1.54, 1.807) is 26.0 Å². The van der Waals surface area contributed by atoms with Gasteiger partial charge in [-0.05, 0) is 43.2 Å². The fraction of sp³-hybridized carbons (Fsp3) is 0.294. The van der Waals surface area contributed by atoms with Crippen LogP contribution in [-0.2, 0) is 14.8 Å². The minimum Gasteiger partial charge on any atom is -0.481 e. The lowest BCUT2D eigenvalue weighted by molar-refractivity contribution is -0.116. The van der Waals surface area contributed by atoms with Crippen molar-refractivity contribution in [2.75, 3.05) is 19.0 Å². The summed E-state index contributed by atoms with van der Waals surface area (Å²) < 4.78 is 32.0. The first-order valence-electron chi connectivity index (χ1n) is 7.79. The number of aryl methyl sites for hydroxylation is 2. The number of benzene rings is 1. The number of carbonyl (C=O) groups is 1. The number of anilines is 1. The Hall–Kier alpha value is -2.16. The van der Waals surface area contributed by atoms with Crippen LogP contribution in [0.25, 0.3) is 0 Å². The highest BCUT2D eigenvalue weighted by atomic mass is 35.5.